The zero-order chi connectivity index (χ0) is 12.6. The van der Waals surface area contributed by atoms with Gasteiger partial charge in [0.2, 0.25) is 0 Å². The molecular formula is C14H28N2O2. The van der Waals surface area contributed by atoms with Crippen molar-refractivity contribution in [2.45, 2.75) is 44.8 Å². The highest BCUT2D eigenvalue weighted by Gasteiger charge is 2.27. The molecule has 3 atom stereocenters. The fourth-order valence-corrected chi connectivity index (χ4v) is 2.75. The first-order chi connectivity index (χ1) is 8.90. The van der Waals surface area contributed by atoms with Crippen LogP contribution in [0.3, 0.4) is 0 Å². The molecule has 0 aliphatic carbocycles. The Labute approximate surface area is 111 Å². The van der Waals surface area contributed by atoms with Gasteiger partial charge in [0.25, 0.3) is 0 Å². The molecule has 0 aromatic heterocycles. The molecule has 2 aliphatic heterocycles. The quantitative estimate of drug-likeness (QED) is 0.717. The van der Waals surface area contributed by atoms with Crippen molar-refractivity contribution in [3.63, 3.8) is 0 Å². The summed E-state index contributed by atoms with van der Waals surface area (Å²) in [5.74, 6) is 0.611. The van der Waals surface area contributed by atoms with Crippen LogP contribution in [0.1, 0.15) is 32.6 Å². The molecule has 0 amide bonds. The minimum absolute atomic E-state index is 0.433. The molecule has 106 valence electrons. The van der Waals surface area contributed by atoms with Gasteiger partial charge in [0.15, 0.2) is 0 Å². The third-order valence-electron chi connectivity index (χ3n) is 3.91. The van der Waals surface area contributed by atoms with Gasteiger partial charge in [-0.15, -0.1) is 0 Å². The average molecular weight is 256 g/mol. The predicted octanol–water partition coefficient (Wildman–Crippen LogP) is 1.16. The fourth-order valence-electron chi connectivity index (χ4n) is 2.75. The van der Waals surface area contributed by atoms with E-state index in [0.29, 0.717) is 18.1 Å². The molecule has 0 spiro atoms. The van der Waals surface area contributed by atoms with Crippen molar-refractivity contribution in [2.24, 2.45) is 5.92 Å². The Morgan fingerprint density at radius 1 is 1.17 bits per heavy atom. The highest BCUT2D eigenvalue weighted by Crippen LogP contribution is 2.14. The van der Waals surface area contributed by atoms with Crippen LogP contribution in [0.2, 0.25) is 0 Å². The van der Waals surface area contributed by atoms with E-state index >= 15 is 0 Å². The summed E-state index contributed by atoms with van der Waals surface area (Å²) in [5.41, 5.74) is 0. The molecular weight excluding hydrogens is 228 g/mol. The van der Waals surface area contributed by atoms with Gasteiger partial charge in [-0.2, -0.15) is 0 Å². The molecule has 2 rings (SSSR count). The second kappa shape index (κ2) is 8.10. The van der Waals surface area contributed by atoms with E-state index in [1.807, 2.05) is 0 Å². The van der Waals surface area contributed by atoms with Crippen LogP contribution in [-0.4, -0.2) is 51.6 Å². The van der Waals surface area contributed by atoms with Gasteiger partial charge in [-0.1, -0.05) is 6.92 Å². The minimum atomic E-state index is 0.433. The zero-order valence-electron chi connectivity index (χ0n) is 11.6. The van der Waals surface area contributed by atoms with Crippen LogP contribution in [0.4, 0.5) is 0 Å². The third-order valence-corrected chi connectivity index (χ3v) is 3.91. The van der Waals surface area contributed by atoms with Crippen molar-refractivity contribution in [2.75, 3.05) is 39.5 Å². The molecule has 0 bridgehead atoms. The van der Waals surface area contributed by atoms with Gasteiger partial charge >= 0.3 is 0 Å². The molecule has 4 heteroatoms. The van der Waals surface area contributed by atoms with Crippen LogP contribution in [-0.2, 0) is 9.47 Å². The number of hydrogen-bond acceptors (Lipinski definition) is 4. The van der Waals surface area contributed by atoms with E-state index < -0.39 is 0 Å². The molecule has 0 aromatic rings. The Morgan fingerprint density at radius 2 is 2.11 bits per heavy atom. The largest absolute Gasteiger partial charge is 0.379 e. The van der Waals surface area contributed by atoms with Gasteiger partial charge in [-0.05, 0) is 32.2 Å². The second-order valence-electron chi connectivity index (χ2n) is 5.50. The smallest absolute Gasteiger partial charge is 0.0699 e. The molecule has 2 heterocycles. The van der Waals surface area contributed by atoms with Crippen molar-refractivity contribution in [3.05, 3.63) is 0 Å². The van der Waals surface area contributed by atoms with Crippen molar-refractivity contribution < 1.29 is 9.47 Å². The van der Waals surface area contributed by atoms with Crippen molar-refractivity contribution in [3.8, 4) is 0 Å². The van der Waals surface area contributed by atoms with Gasteiger partial charge < -0.3 is 20.1 Å². The molecule has 4 nitrogen and oxygen atoms in total. The number of rotatable bonds is 7. The SMILES string of the molecule is CCCNC1COCC1CNCC1CCCCO1. The van der Waals surface area contributed by atoms with Gasteiger partial charge in [0, 0.05) is 31.7 Å². The van der Waals surface area contributed by atoms with E-state index in [1.165, 1.54) is 25.7 Å². The first kappa shape index (κ1) is 14.3. The van der Waals surface area contributed by atoms with Crippen LogP contribution in [0.5, 0.6) is 0 Å². The zero-order valence-corrected chi connectivity index (χ0v) is 11.6. The number of hydrogen-bond donors (Lipinski definition) is 2. The summed E-state index contributed by atoms with van der Waals surface area (Å²) in [6.45, 7) is 8.04. The van der Waals surface area contributed by atoms with E-state index in [0.717, 1.165) is 39.5 Å². The lowest BCUT2D eigenvalue weighted by atomic mass is 10.0. The van der Waals surface area contributed by atoms with E-state index in [1.54, 1.807) is 0 Å². The van der Waals surface area contributed by atoms with E-state index in [2.05, 4.69) is 17.6 Å². The van der Waals surface area contributed by atoms with Crippen molar-refractivity contribution in [1.82, 2.24) is 10.6 Å². The molecule has 0 radical (unpaired) electrons. The third kappa shape index (κ3) is 4.50. The normalized spacial score (nSPS) is 32.8. The first-order valence-corrected chi connectivity index (χ1v) is 7.53. The topological polar surface area (TPSA) is 42.5 Å². The molecule has 2 saturated heterocycles. The van der Waals surface area contributed by atoms with Gasteiger partial charge in [0.1, 0.15) is 0 Å². The van der Waals surface area contributed by atoms with Gasteiger partial charge in [0.05, 0.1) is 19.3 Å². The molecule has 0 saturated carbocycles. The average Bonchev–Trinajstić information content (AvgIpc) is 2.85. The summed E-state index contributed by atoms with van der Waals surface area (Å²) in [4.78, 5) is 0. The predicted molar refractivity (Wildman–Crippen MR) is 72.9 cm³/mol. The summed E-state index contributed by atoms with van der Waals surface area (Å²) in [6.07, 6.45) is 5.39. The van der Waals surface area contributed by atoms with E-state index in [4.69, 9.17) is 9.47 Å². The molecule has 0 aromatic carbocycles. The van der Waals surface area contributed by atoms with Crippen LogP contribution < -0.4 is 10.6 Å². The molecule has 3 unspecified atom stereocenters. The summed E-state index contributed by atoms with van der Waals surface area (Å²) in [5, 5.41) is 7.13. The Bertz CT molecular complexity index is 220. The maximum absolute atomic E-state index is 5.73. The monoisotopic (exact) mass is 256 g/mol. The fraction of sp³-hybridized carbons (Fsp3) is 1.00. The maximum atomic E-state index is 5.73. The lowest BCUT2D eigenvalue weighted by Gasteiger charge is -2.24. The molecule has 2 fully saturated rings. The maximum Gasteiger partial charge on any atom is 0.0699 e. The van der Waals surface area contributed by atoms with Crippen LogP contribution >= 0.6 is 0 Å². The first-order valence-electron chi connectivity index (χ1n) is 7.53. The van der Waals surface area contributed by atoms with E-state index in [9.17, 15) is 0 Å². The number of ether oxygens (including phenoxy) is 2. The van der Waals surface area contributed by atoms with Crippen molar-refractivity contribution >= 4 is 0 Å². The minimum Gasteiger partial charge on any atom is -0.379 e. The molecule has 18 heavy (non-hydrogen) atoms. The standard InChI is InChI=1S/C14H28N2O2/c1-2-6-16-14-11-17-10-12(14)8-15-9-13-5-3-4-7-18-13/h12-16H,2-11H2,1H3. The van der Waals surface area contributed by atoms with E-state index in [-0.39, 0.29) is 0 Å². The lowest BCUT2D eigenvalue weighted by Crippen LogP contribution is -2.42. The van der Waals surface area contributed by atoms with Gasteiger partial charge in [-0.3, -0.25) is 0 Å². The van der Waals surface area contributed by atoms with Gasteiger partial charge in [-0.25, -0.2) is 0 Å². The Morgan fingerprint density at radius 3 is 2.89 bits per heavy atom. The summed E-state index contributed by atoms with van der Waals surface area (Å²) in [7, 11) is 0. The van der Waals surface area contributed by atoms with Crippen molar-refractivity contribution in [1.29, 1.82) is 0 Å². The Hall–Kier alpha value is -0.160. The summed E-state index contributed by atoms with van der Waals surface area (Å²) >= 11 is 0. The highest BCUT2D eigenvalue weighted by atomic mass is 16.5. The van der Waals surface area contributed by atoms with Crippen LogP contribution in [0.25, 0.3) is 0 Å². The highest BCUT2D eigenvalue weighted by molar-refractivity contribution is 4.83. The summed E-state index contributed by atoms with van der Waals surface area (Å²) in [6, 6.07) is 0.532. The molecule has 2 N–H and O–H groups in total. The second-order valence-corrected chi connectivity index (χ2v) is 5.50. The summed E-state index contributed by atoms with van der Waals surface area (Å²) < 4.78 is 11.3. The Balaban J connectivity index is 1.59. The van der Waals surface area contributed by atoms with Crippen LogP contribution in [0, 0.1) is 5.92 Å². The number of nitrogens with one attached hydrogen (secondary N) is 2. The lowest BCUT2D eigenvalue weighted by molar-refractivity contribution is 0.0163. The Kier molecular flexibility index (Phi) is 6.41. The molecule has 2 aliphatic rings. The van der Waals surface area contributed by atoms with Crippen LogP contribution in [0.15, 0.2) is 0 Å².